The van der Waals surface area contributed by atoms with Crippen molar-refractivity contribution < 1.29 is 14.3 Å². The number of hydrogen-bond donors (Lipinski definition) is 0. The van der Waals surface area contributed by atoms with E-state index in [9.17, 15) is 9.59 Å². The van der Waals surface area contributed by atoms with Gasteiger partial charge in [0.2, 0.25) is 0 Å². The maximum atomic E-state index is 13.1. The Hall–Kier alpha value is -2.83. The van der Waals surface area contributed by atoms with Gasteiger partial charge in [0.05, 0.1) is 0 Å². The van der Waals surface area contributed by atoms with Crippen LogP contribution >= 0.6 is 0 Å². The molecule has 0 saturated carbocycles. The molecule has 7 nitrogen and oxygen atoms in total. The first kappa shape index (κ1) is 17.6. The molecular weight excluding hydrogens is 344 g/mol. The first-order chi connectivity index (χ1) is 13.2. The molecule has 0 spiro atoms. The van der Waals surface area contributed by atoms with Crippen molar-refractivity contribution in [3.63, 3.8) is 0 Å². The maximum Gasteiger partial charge on any atom is 0.260 e. The van der Waals surface area contributed by atoms with E-state index in [1.165, 1.54) is 0 Å². The van der Waals surface area contributed by atoms with Gasteiger partial charge in [-0.2, -0.15) is 5.10 Å². The van der Waals surface area contributed by atoms with E-state index in [0.29, 0.717) is 31.7 Å². The summed E-state index contributed by atoms with van der Waals surface area (Å²) in [6.45, 7) is 2.69. The molecule has 2 amide bonds. The number of carbonyl (C=O) groups is 2. The number of aromatic nitrogens is 2. The highest BCUT2D eigenvalue weighted by atomic mass is 16.5. The van der Waals surface area contributed by atoms with Gasteiger partial charge in [0.25, 0.3) is 11.8 Å². The van der Waals surface area contributed by atoms with Crippen molar-refractivity contribution >= 4 is 11.8 Å². The Labute approximate surface area is 158 Å². The summed E-state index contributed by atoms with van der Waals surface area (Å²) in [5, 5.41) is 4.36. The molecule has 2 aliphatic heterocycles. The molecule has 0 unspecified atom stereocenters. The second-order valence-electron chi connectivity index (χ2n) is 7.11. The molecule has 0 bridgehead atoms. The van der Waals surface area contributed by atoms with Crippen LogP contribution in [0.25, 0.3) is 0 Å². The summed E-state index contributed by atoms with van der Waals surface area (Å²) in [6, 6.07) is 11.2. The van der Waals surface area contributed by atoms with E-state index in [2.05, 4.69) is 5.10 Å². The predicted molar refractivity (Wildman–Crippen MR) is 99.1 cm³/mol. The summed E-state index contributed by atoms with van der Waals surface area (Å²) < 4.78 is 7.36. The van der Waals surface area contributed by atoms with Gasteiger partial charge in [0.1, 0.15) is 11.3 Å². The average molecular weight is 368 g/mol. The topological polar surface area (TPSA) is 67.7 Å². The number of nitrogens with zero attached hydrogens (tertiary/aromatic N) is 4. The molecule has 3 heterocycles. The monoisotopic (exact) mass is 368 g/mol. The SMILES string of the molecule is O=C(COc1ccccc1)N1CCC(C(=O)N2CCC2)(n2cccn2)CC1. The fourth-order valence-electron chi connectivity index (χ4n) is 3.76. The van der Waals surface area contributed by atoms with Crippen molar-refractivity contribution in [2.75, 3.05) is 32.8 Å². The summed E-state index contributed by atoms with van der Waals surface area (Å²) in [6.07, 6.45) is 5.76. The zero-order chi connectivity index (χ0) is 18.7. The molecule has 142 valence electrons. The molecule has 2 fully saturated rings. The summed E-state index contributed by atoms with van der Waals surface area (Å²) in [5.41, 5.74) is -0.680. The number of para-hydroxylation sites is 1. The van der Waals surface area contributed by atoms with Crippen molar-refractivity contribution in [2.24, 2.45) is 0 Å². The van der Waals surface area contributed by atoms with Gasteiger partial charge in [0.15, 0.2) is 6.61 Å². The Morgan fingerprint density at radius 3 is 2.33 bits per heavy atom. The first-order valence-electron chi connectivity index (χ1n) is 9.44. The highest BCUT2D eigenvalue weighted by Gasteiger charge is 2.47. The van der Waals surface area contributed by atoms with Crippen LogP contribution in [0.15, 0.2) is 48.8 Å². The van der Waals surface area contributed by atoms with Crippen LogP contribution in [0.2, 0.25) is 0 Å². The average Bonchev–Trinajstić information content (AvgIpc) is 3.21. The van der Waals surface area contributed by atoms with Gasteiger partial charge >= 0.3 is 0 Å². The molecule has 4 rings (SSSR count). The lowest BCUT2D eigenvalue weighted by Crippen LogP contribution is -2.59. The number of hydrogen-bond acceptors (Lipinski definition) is 4. The Kier molecular flexibility index (Phi) is 4.83. The lowest BCUT2D eigenvalue weighted by Gasteiger charge is -2.45. The molecule has 27 heavy (non-hydrogen) atoms. The molecule has 0 atom stereocenters. The third-order valence-corrected chi connectivity index (χ3v) is 5.53. The molecule has 0 radical (unpaired) electrons. The van der Waals surface area contributed by atoms with Crippen LogP contribution in [0, 0.1) is 0 Å². The van der Waals surface area contributed by atoms with Crippen molar-refractivity contribution in [2.45, 2.75) is 24.8 Å². The number of rotatable bonds is 5. The molecular formula is C20H24N4O3. The van der Waals surface area contributed by atoms with Crippen LogP contribution in [0.4, 0.5) is 0 Å². The zero-order valence-electron chi connectivity index (χ0n) is 15.3. The molecule has 2 aromatic rings. The fraction of sp³-hybridized carbons (Fsp3) is 0.450. The highest BCUT2D eigenvalue weighted by Crippen LogP contribution is 2.33. The summed E-state index contributed by atoms with van der Waals surface area (Å²) in [7, 11) is 0. The molecule has 7 heteroatoms. The van der Waals surface area contributed by atoms with Crippen molar-refractivity contribution in [1.29, 1.82) is 0 Å². The predicted octanol–water partition coefficient (Wildman–Crippen LogP) is 1.51. The minimum absolute atomic E-state index is 0.0128. The standard InChI is InChI=1S/C20H24N4O3/c25-18(16-27-17-6-2-1-3-7-17)22-14-8-20(9-15-22,24-13-4-10-21-24)19(26)23-11-5-12-23/h1-4,6-7,10,13H,5,8-9,11-12,14-16H2. The van der Waals surface area contributed by atoms with E-state index >= 15 is 0 Å². The lowest BCUT2D eigenvalue weighted by molar-refractivity contribution is -0.151. The van der Waals surface area contributed by atoms with Gasteiger partial charge < -0.3 is 14.5 Å². The second-order valence-corrected chi connectivity index (χ2v) is 7.11. The number of carbonyl (C=O) groups excluding carboxylic acids is 2. The summed E-state index contributed by atoms with van der Waals surface area (Å²) in [5.74, 6) is 0.760. The number of ether oxygens (including phenoxy) is 1. The van der Waals surface area contributed by atoms with Gasteiger partial charge in [-0.05, 0) is 37.5 Å². The largest absolute Gasteiger partial charge is 0.484 e. The number of likely N-dealkylation sites (tertiary alicyclic amines) is 2. The van der Waals surface area contributed by atoms with E-state index in [4.69, 9.17) is 4.74 Å². The normalized spacial score (nSPS) is 18.7. The second kappa shape index (κ2) is 7.42. The molecule has 1 aromatic heterocycles. The minimum atomic E-state index is -0.680. The van der Waals surface area contributed by atoms with Crippen LogP contribution < -0.4 is 4.74 Å². The van der Waals surface area contributed by atoms with E-state index in [-0.39, 0.29) is 18.4 Å². The van der Waals surface area contributed by atoms with Crippen LogP contribution in [0.1, 0.15) is 19.3 Å². The lowest BCUT2D eigenvalue weighted by atomic mass is 9.85. The van der Waals surface area contributed by atoms with Crippen molar-refractivity contribution in [3.8, 4) is 5.75 Å². The number of piperidine rings is 1. The summed E-state index contributed by atoms with van der Waals surface area (Å²) >= 11 is 0. The summed E-state index contributed by atoms with van der Waals surface area (Å²) in [4.78, 5) is 29.3. The van der Waals surface area contributed by atoms with Crippen LogP contribution in [0.5, 0.6) is 5.75 Å². The van der Waals surface area contributed by atoms with Crippen LogP contribution in [0.3, 0.4) is 0 Å². The number of amides is 2. The highest BCUT2D eigenvalue weighted by molar-refractivity contribution is 5.86. The first-order valence-corrected chi connectivity index (χ1v) is 9.44. The van der Waals surface area contributed by atoms with Gasteiger partial charge in [-0.25, -0.2) is 0 Å². The van der Waals surface area contributed by atoms with Gasteiger partial charge in [-0.3, -0.25) is 14.3 Å². The Morgan fingerprint density at radius 1 is 1.00 bits per heavy atom. The van der Waals surface area contributed by atoms with Crippen molar-refractivity contribution in [1.82, 2.24) is 19.6 Å². The van der Waals surface area contributed by atoms with Crippen molar-refractivity contribution in [3.05, 3.63) is 48.8 Å². The van der Waals surface area contributed by atoms with Crippen LogP contribution in [-0.4, -0.2) is 64.2 Å². The molecule has 2 saturated heterocycles. The quantitative estimate of drug-likeness (QED) is 0.802. The maximum absolute atomic E-state index is 13.1. The van der Waals surface area contributed by atoms with E-state index < -0.39 is 5.54 Å². The van der Waals surface area contributed by atoms with E-state index in [1.54, 1.807) is 15.8 Å². The zero-order valence-corrected chi connectivity index (χ0v) is 15.3. The Morgan fingerprint density at radius 2 is 1.74 bits per heavy atom. The van der Waals surface area contributed by atoms with E-state index in [0.717, 1.165) is 19.5 Å². The Bertz CT molecular complexity index is 779. The molecule has 1 aromatic carbocycles. The van der Waals surface area contributed by atoms with Crippen LogP contribution in [-0.2, 0) is 15.1 Å². The molecule has 2 aliphatic rings. The minimum Gasteiger partial charge on any atom is -0.484 e. The smallest absolute Gasteiger partial charge is 0.260 e. The molecule has 0 N–H and O–H groups in total. The fourth-order valence-corrected chi connectivity index (χ4v) is 3.76. The van der Waals surface area contributed by atoms with Gasteiger partial charge in [0, 0.05) is 38.6 Å². The third-order valence-electron chi connectivity index (χ3n) is 5.53. The molecule has 0 aliphatic carbocycles. The number of benzene rings is 1. The van der Waals surface area contributed by atoms with E-state index in [1.807, 2.05) is 47.5 Å². The third kappa shape index (κ3) is 3.41. The van der Waals surface area contributed by atoms with Gasteiger partial charge in [-0.15, -0.1) is 0 Å². The Balaban J connectivity index is 1.40. The van der Waals surface area contributed by atoms with Gasteiger partial charge in [-0.1, -0.05) is 18.2 Å².